The highest BCUT2D eigenvalue weighted by molar-refractivity contribution is 5.98. The van der Waals surface area contributed by atoms with E-state index in [1.54, 1.807) is 0 Å². The minimum absolute atomic E-state index is 0.0161. The second kappa shape index (κ2) is 7.62. The van der Waals surface area contributed by atoms with E-state index in [1.165, 1.54) is 6.07 Å². The molecule has 0 aliphatic carbocycles. The maximum absolute atomic E-state index is 11.9. The van der Waals surface area contributed by atoms with Gasteiger partial charge >= 0.3 is 6.09 Å². The van der Waals surface area contributed by atoms with E-state index in [1.807, 2.05) is 6.92 Å². The first-order chi connectivity index (χ1) is 9.95. The maximum atomic E-state index is 11.9. The molecule has 21 heavy (non-hydrogen) atoms. The van der Waals surface area contributed by atoms with Crippen molar-refractivity contribution in [3.8, 4) is 0 Å². The van der Waals surface area contributed by atoms with E-state index < -0.39 is 22.6 Å². The molecule has 0 spiro atoms. The summed E-state index contributed by atoms with van der Waals surface area (Å²) in [5.41, 5.74) is 4.21. The van der Waals surface area contributed by atoms with Gasteiger partial charge in [0.2, 0.25) is 0 Å². The van der Waals surface area contributed by atoms with Gasteiger partial charge in [0.15, 0.2) is 0 Å². The minimum Gasteiger partial charge on any atom is -0.448 e. The largest absolute Gasteiger partial charge is 0.448 e. The third kappa shape index (κ3) is 4.93. The van der Waals surface area contributed by atoms with Crippen LogP contribution in [0.2, 0.25) is 0 Å². The third-order valence-electron chi connectivity index (χ3n) is 2.31. The second-order valence-electron chi connectivity index (χ2n) is 3.80. The highest BCUT2D eigenvalue weighted by Crippen LogP contribution is 2.20. The number of carbonyl (C=O) groups is 2. The van der Waals surface area contributed by atoms with Gasteiger partial charge in [-0.15, -0.1) is 0 Å². The topological polar surface area (TPSA) is 149 Å². The van der Waals surface area contributed by atoms with Gasteiger partial charge in [-0.2, -0.15) is 0 Å². The van der Waals surface area contributed by atoms with Crippen LogP contribution in [0.25, 0.3) is 0 Å². The van der Waals surface area contributed by atoms with Crippen LogP contribution in [0.4, 0.5) is 16.3 Å². The summed E-state index contributed by atoms with van der Waals surface area (Å²) in [6.45, 7) is 2.24. The van der Waals surface area contributed by atoms with E-state index >= 15 is 0 Å². The summed E-state index contributed by atoms with van der Waals surface area (Å²) in [6.07, 6.45) is 0.0425. The lowest BCUT2D eigenvalue weighted by atomic mass is 10.2. The van der Waals surface area contributed by atoms with E-state index in [-0.39, 0.29) is 18.7 Å². The Hall–Kier alpha value is -2.91. The number of nitro groups is 1. The van der Waals surface area contributed by atoms with Crippen LogP contribution in [0.3, 0.4) is 0 Å². The van der Waals surface area contributed by atoms with Crippen molar-refractivity contribution < 1.29 is 19.2 Å². The molecule has 0 saturated carbocycles. The molecule has 10 nitrogen and oxygen atoms in total. The number of primary amides is 1. The van der Waals surface area contributed by atoms with E-state index in [9.17, 15) is 19.7 Å². The molecular formula is C11H15N5O5. The predicted molar refractivity (Wildman–Crippen MR) is 72.9 cm³/mol. The minimum atomic E-state index is -0.964. The molecule has 0 aromatic carbocycles. The molecule has 0 aliphatic heterocycles. The molecule has 1 aromatic rings. The number of ether oxygens (including phenoxy) is 1. The molecule has 1 heterocycles. The van der Waals surface area contributed by atoms with Crippen molar-refractivity contribution in [1.82, 2.24) is 10.3 Å². The second-order valence-corrected chi connectivity index (χ2v) is 3.80. The summed E-state index contributed by atoms with van der Waals surface area (Å²) in [4.78, 5) is 36.3. The zero-order chi connectivity index (χ0) is 15.8. The number of nitrogens with two attached hydrogens (primary N) is 1. The van der Waals surface area contributed by atoms with E-state index in [4.69, 9.17) is 5.73 Å². The first-order valence-electron chi connectivity index (χ1n) is 6.04. The molecule has 114 valence electrons. The average molecular weight is 297 g/mol. The van der Waals surface area contributed by atoms with Crippen LogP contribution in [0.15, 0.2) is 12.3 Å². The Balaban J connectivity index is 2.82. The highest BCUT2D eigenvalue weighted by atomic mass is 16.6. The summed E-state index contributed by atoms with van der Waals surface area (Å²) in [7, 11) is 0. The van der Waals surface area contributed by atoms with Crippen molar-refractivity contribution >= 4 is 23.5 Å². The summed E-state index contributed by atoms with van der Waals surface area (Å²) < 4.78 is 4.43. The van der Waals surface area contributed by atoms with Gasteiger partial charge in [-0.05, 0) is 6.92 Å². The van der Waals surface area contributed by atoms with E-state index in [0.717, 1.165) is 6.20 Å². The van der Waals surface area contributed by atoms with Crippen LogP contribution in [-0.2, 0) is 4.74 Å². The van der Waals surface area contributed by atoms with Gasteiger partial charge in [-0.1, -0.05) is 0 Å². The first kappa shape index (κ1) is 16.1. The Morgan fingerprint density at radius 2 is 2.24 bits per heavy atom. The number of nitrogens with one attached hydrogen (secondary N) is 2. The fraction of sp³-hybridized carbons (Fsp3) is 0.364. The Kier molecular flexibility index (Phi) is 5.86. The molecular weight excluding hydrogens is 282 g/mol. The molecule has 0 radical (unpaired) electrons. The Morgan fingerprint density at radius 1 is 1.52 bits per heavy atom. The van der Waals surface area contributed by atoms with Crippen molar-refractivity contribution in [1.29, 1.82) is 0 Å². The normalized spacial score (nSPS) is 9.76. The zero-order valence-corrected chi connectivity index (χ0v) is 11.3. The smallest absolute Gasteiger partial charge is 0.404 e. The van der Waals surface area contributed by atoms with E-state index in [0.29, 0.717) is 12.4 Å². The van der Waals surface area contributed by atoms with Crippen molar-refractivity contribution in [2.75, 3.05) is 25.0 Å². The van der Waals surface area contributed by atoms with Gasteiger partial charge < -0.3 is 21.1 Å². The number of pyridine rings is 1. The lowest BCUT2D eigenvalue weighted by Gasteiger charge is -2.08. The van der Waals surface area contributed by atoms with Crippen LogP contribution in [0.5, 0.6) is 0 Å². The number of nitrogens with zero attached hydrogens (tertiary/aromatic N) is 2. The Labute approximate surface area is 119 Å². The molecule has 0 atom stereocenters. The molecule has 0 unspecified atom stereocenters. The van der Waals surface area contributed by atoms with E-state index in [2.05, 4.69) is 20.4 Å². The molecule has 0 saturated heterocycles. The number of carbonyl (C=O) groups excluding carboxylic acids is 2. The third-order valence-corrected chi connectivity index (χ3v) is 2.31. The van der Waals surface area contributed by atoms with Crippen LogP contribution in [0.1, 0.15) is 17.3 Å². The van der Waals surface area contributed by atoms with Gasteiger partial charge in [0.25, 0.3) is 11.6 Å². The summed E-state index contributed by atoms with van der Waals surface area (Å²) in [5.74, 6) is -0.321. The highest BCUT2D eigenvalue weighted by Gasteiger charge is 2.21. The number of hydrogen-bond acceptors (Lipinski definition) is 7. The van der Waals surface area contributed by atoms with Crippen LogP contribution < -0.4 is 16.4 Å². The SMILES string of the molecule is CCNc1cc(C(=O)NCCOC(N)=O)c([N+](=O)[O-])cn1. The lowest BCUT2D eigenvalue weighted by Crippen LogP contribution is -2.29. The lowest BCUT2D eigenvalue weighted by molar-refractivity contribution is -0.385. The number of rotatable bonds is 7. The van der Waals surface area contributed by atoms with Crippen LogP contribution >= 0.6 is 0 Å². The Morgan fingerprint density at radius 3 is 2.81 bits per heavy atom. The molecule has 4 N–H and O–H groups in total. The fourth-order valence-corrected chi connectivity index (χ4v) is 1.46. The molecule has 10 heteroatoms. The van der Waals surface area contributed by atoms with Gasteiger partial charge in [0.05, 0.1) is 11.5 Å². The molecule has 1 aromatic heterocycles. The van der Waals surface area contributed by atoms with Crippen LogP contribution in [0, 0.1) is 10.1 Å². The monoisotopic (exact) mass is 297 g/mol. The number of aromatic nitrogens is 1. The summed E-state index contributed by atoms with van der Waals surface area (Å²) in [5, 5.41) is 16.1. The average Bonchev–Trinajstić information content (AvgIpc) is 2.43. The fourth-order valence-electron chi connectivity index (χ4n) is 1.46. The quantitative estimate of drug-likeness (QED) is 0.370. The molecule has 0 bridgehead atoms. The maximum Gasteiger partial charge on any atom is 0.404 e. The molecule has 0 aliphatic rings. The van der Waals surface area contributed by atoms with Gasteiger partial charge in [0, 0.05) is 12.6 Å². The summed E-state index contributed by atoms with van der Waals surface area (Å²) in [6, 6.07) is 1.28. The first-order valence-corrected chi connectivity index (χ1v) is 6.04. The van der Waals surface area contributed by atoms with Crippen LogP contribution in [-0.4, -0.2) is 41.6 Å². The zero-order valence-electron chi connectivity index (χ0n) is 11.3. The van der Waals surface area contributed by atoms with Gasteiger partial charge in [-0.25, -0.2) is 9.78 Å². The predicted octanol–water partition coefficient (Wildman–Crippen LogP) is 0.247. The molecule has 1 rings (SSSR count). The summed E-state index contributed by atoms with van der Waals surface area (Å²) >= 11 is 0. The van der Waals surface area contributed by atoms with Crippen molar-refractivity contribution in [3.63, 3.8) is 0 Å². The van der Waals surface area contributed by atoms with Crippen molar-refractivity contribution in [3.05, 3.63) is 27.9 Å². The number of anilines is 1. The Bertz CT molecular complexity index is 548. The van der Waals surface area contributed by atoms with Crippen molar-refractivity contribution in [2.24, 2.45) is 5.73 Å². The van der Waals surface area contributed by atoms with Gasteiger partial charge in [-0.3, -0.25) is 14.9 Å². The molecule has 2 amide bonds. The van der Waals surface area contributed by atoms with Crippen molar-refractivity contribution in [2.45, 2.75) is 6.92 Å². The molecule has 0 fully saturated rings. The standard InChI is InChI=1S/C11H15N5O5/c1-2-13-9-5-7(8(6-15-9)16(19)20)10(17)14-3-4-21-11(12)18/h5-6H,2-4H2,1H3,(H2,12,18)(H,13,15)(H,14,17). The number of amides is 2. The number of hydrogen-bond donors (Lipinski definition) is 3. The van der Waals surface area contributed by atoms with Gasteiger partial charge in [0.1, 0.15) is 24.2 Å².